The lowest BCUT2D eigenvalue weighted by Gasteiger charge is -2.25. The topological polar surface area (TPSA) is 105 Å². The number of phosphoric ester groups is 1. The summed E-state index contributed by atoms with van der Waals surface area (Å²) in [4.78, 5) is 23.2. The van der Waals surface area contributed by atoms with Crippen LogP contribution in [0.5, 0.6) is 0 Å². The number of nitrogens with zero attached hydrogens (tertiary/aromatic N) is 1. The number of phosphoric acid groups is 1. The van der Waals surface area contributed by atoms with Crippen molar-refractivity contribution in [2.75, 3.05) is 40.9 Å². The van der Waals surface area contributed by atoms with Crippen molar-refractivity contribution < 1.29 is 32.9 Å². The Balaban J connectivity index is 4.23. The van der Waals surface area contributed by atoms with E-state index in [9.17, 15) is 19.4 Å². The fraction of sp³-hybridized carbons (Fsp3) is 0.898. The molecule has 0 fully saturated rings. The van der Waals surface area contributed by atoms with Crippen LogP contribution in [0.25, 0.3) is 0 Å². The van der Waals surface area contributed by atoms with Gasteiger partial charge in [-0.3, -0.25) is 13.8 Å². The van der Waals surface area contributed by atoms with Crippen LogP contribution in [0.1, 0.15) is 232 Å². The van der Waals surface area contributed by atoms with Crippen molar-refractivity contribution in [2.24, 2.45) is 0 Å². The van der Waals surface area contributed by atoms with Gasteiger partial charge < -0.3 is 19.8 Å². The molecule has 0 radical (unpaired) electrons. The summed E-state index contributed by atoms with van der Waals surface area (Å²) in [7, 11) is 1.58. The molecule has 3 N–H and O–H groups in total. The summed E-state index contributed by atoms with van der Waals surface area (Å²) in [5.41, 5.74) is 0. The fourth-order valence-electron chi connectivity index (χ4n) is 7.21. The molecule has 0 bridgehead atoms. The number of amides is 1. The number of aliphatic hydroxyl groups excluding tert-OH is 1. The van der Waals surface area contributed by atoms with Crippen LogP contribution in [0.3, 0.4) is 0 Å². The molecule has 344 valence electrons. The molecule has 8 nitrogen and oxygen atoms in total. The third-order valence-corrected chi connectivity index (χ3v) is 12.1. The Morgan fingerprint density at radius 3 is 1.33 bits per heavy atom. The van der Waals surface area contributed by atoms with Gasteiger partial charge in [-0.2, -0.15) is 0 Å². The van der Waals surface area contributed by atoms with Crippen molar-refractivity contribution in [1.29, 1.82) is 0 Å². The molecule has 0 aliphatic rings. The number of aliphatic hydroxyl groups is 1. The van der Waals surface area contributed by atoms with Crippen molar-refractivity contribution in [1.82, 2.24) is 5.32 Å². The van der Waals surface area contributed by atoms with Crippen LogP contribution in [0.15, 0.2) is 24.3 Å². The molecule has 1 amide bonds. The third kappa shape index (κ3) is 43.1. The highest BCUT2D eigenvalue weighted by molar-refractivity contribution is 7.47. The number of quaternary nitrogens is 1. The lowest BCUT2D eigenvalue weighted by Crippen LogP contribution is -2.45. The van der Waals surface area contributed by atoms with Crippen LogP contribution in [0, 0.1) is 0 Å². The molecule has 58 heavy (non-hydrogen) atoms. The Hall–Kier alpha value is -1.02. The molecule has 0 aromatic heterocycles. The Labute approximate surface area is 360 Å². The van der Waals surface area contributed by atoms with E-state index >= 15 is 0 Å². The summed E-state index contributed by atoms with van der Waals surface area (Å²) in [6, 6.07) is -0.842. The Morgan fingerprint density at radius 1 is 0.569 bits per heavy atom. The zero-order chi connectivity index (χ0) is 42.8. The number of likely N-dealkylation sites (N-methyl/N-ethyl adjacent to an activating group) is 1. The fourth-order valence-corrected chi connectivity index (χ4v) is 7.95. The zero-order valence-corrected chi connectivity index (χ0v) is 39.9. The maximum Gasteiger partial charge on any atom is 0.472 e. The minimum absolute atomic E-state index is 0.0631. The first kappa shape index (κ1) is 57.0. The van der Waals surface area contributed by atoms with Gasteiger partial charge in [-0.1, -0.05) is 205 Å². The normalized spacial score (nSPS) is 14.4. The predicted molar refractivity (Wildman–Crippen MR) is 249 cm³/mol. The number of unbranched alkanes of at least 4 members (excludes halogenated alkanes) is 30. The number of hydrogen-bond acceptors (Lipinski definition) is 5. The molecule has 0 saturated heterocycles. The summed E-state index contributed by atoms with van der Waals surface area (Å²) in [6.45, 7) is 4.82. The van der Waals surface area contributed by atoms with Crippen LogP contribution >= 0.6 is 7.82 Å². The van der Waals surface area contributed by atoms with Gasteiger partial charge in [0.15, 0.2) is 0 Å². The smallest absolute Gasteiger partial charge is 0.387 e. The van der Waals surface area contributed by atoms with Crippen molar-refractivity contribution >= 4 is 13.7 Å². The van der Waals surface area contributed by atoms with Crippen LogP contribution in [-0.2, 0) is 18.4 Å². The molecule has 0 aromatic rings. The monoisotopic (exact) mass is 842 g/mol. The molecule has 0 aromatic carbocycles. The molecular formula is C49H98N2O6P+. The molecule has 9 heteroatoms. The Bertz CT molecular complexity index is 1000. The number of rotatable bonds is 45. The van der Waals surface area contributed by atoms with Crippen molar-refractivity contribution in [3.8, 4) is 0 Å². The van der Waals surface area contributed by atoms with Crippen molar-refractivity contribution in [3.63, 3.8) is 0 Å². The minimum Gasteiger partial charge on any atom is -0.387 e. The lowest BCUT2D eigenvalue weighted by atomic mass is 10.0. The van der Waals surface area contributed by atoms with E-state index in [4.69, 9.17) is 9.05 Å². The average molecular weight is 842 g/mol. The lowest BCUT2D eigenvalue weighted by molar-refractivity contribution is -0.870. The van der Waals surface area contributed by atoms with Gasteiger partial charge in [0.05, 0.1) is 39.9 Å². The Morgan fingerprint density at radius 2 is 0.931 bits per heavy atom. The quantitative estimate of drug-likeness (QED) is 0.0244. The van der Waals surface area contributed by atoms with E-state index in [1.54, 1.807) is 6.08 Å². The zero-order valence-electron chi connectivity index (χ0n) is 39.0. The maximum absolute atomic E-state index is 12.9. The minimum atomic E-state index is -4.33. The van der Waals surface area contributed by atoms with Crippen LogP contribution in [0.2, 0.25) is 0 Å². The molecule has 0 aliphatic heterocycles. The third-order valence-electron chi connectivity index (χ3n) is 11.2. The van der Waals surface area contributed by atoms with E-state index in [0.29, 0.717) is 17.4 Å². The van der Waals surface area contributed by atoms with Gasteiger partial charge in [-0.15, -0.1) is 0 Å². The van der Waals surface area contributed by atoms with Gasteiger partial charge >= 0.3 is 7.82 Å². The second-order valence-electron chi connectivity index (χ2n) is 18.2. The SMILES string of the molecule is CCCCCCCC/C=C/CCCCCCCCCCCCCCCC(=O)N[C@@H](COP(=O)(O)OCC[N+](C)(C)C)[C@H](O)/C=C/CCCCCCCCCCCCC. The van der Waals surface area contributed by atoms with E-state index in [1.165, 1.54) is 173 Å². The van der Waals surface area contributed by atoms with Gasteiger partial charge in [0.1, 0.15) is 13.2 Å². The second-order valence-corrected chi connectivity index (χ2v) is 19.6. The summed E-state index contributed by atoms with van der Waals surface area (Å²) in [5, 5.41) is 13.8. The number of carbonyl (C=O) groups excluding carboxylic acids is 1. The molecule has 1 unspecified atom stereocenters. The van der Waals surface area contributed by atoms with E-state index in [1.807, 2.05) is 27.2 Å². The summed E-state index contributed by atoms with van der Waals surface area (Å²) in [5.74, 6) is -0.176. The number of allylic oxidation sites excluding steroid dienone is 3. The standard InChI is InChI=1S/C49H97N2O6P/c1-6-8-10-12-14-16-18-20-21-22-23-24-25-26-27-28-29-31-33-35-37-39-41-43-49(53)50-47(46-57-58(54,55)56-45-44-51(3,4)5)48(52)42-40-38-36-34-32-30-19-17-15-13-11-9-7-2/h20-21,40,42,47-48,52H,6-19,22-39,41,43-46H2,1-5H3,(H-,50,53,54,55)/p+1/b21-20+,42-40+/t47-,48+/m0/s1. The van der Waals surface area contributed by atoms with Crippen molar-refractivity contribution in [2.45, 2.75) is 244 Å². The van der Waals surface area contributed by atoms with E-state index in [2.05, 4.69) is 31.3 Å². The molecule has 0 rings (SSSR count). The van der Waals surface area contributed by atoms with Gasteiger partial charge in [-0.05, 0) is 44.9 Å². The van der Waals surface area contributed by atoms with Crippen molar-refractivity contribution in [3.05, 3.63) is 24.3 Å². The molecule has 0 spiro atoms. The first-order chi connectivity index (χ1) is 28.0. The Kier molecular flexibility index (Phi) is 40.6. The summed E-state index contributed by atoms with van der Waals surface area (Å²) >= 11 is 0. The van der Waals surface area contributed by atoms with E-state index < -0.39 is 20.0 Å². The highest BCUT2D eigenvalue weighted by atomic mass is 31.2. The van der Waals surface area contributed by atoms with E-state index in [-0.39, 0.29) is 19.1 Å². The first-order valence-electron chi connectivity index (χ1n) is 24.7. The predicted octanol–water partition coefficient (Wildman–Crippen LogP) is 14.1. The number of nitrogens with one attached hydrogen (secondary N) is 1. The molecule has 0 saturated carbocycles. The van der Waals surface area contributed by atoms with Gasteiger partial charge in [-0.25, -0.2) is 4.57 Å². The van der Waals surface area contributed by atoms with Crippen LogP contribution < -0.4 is 5.32 Å². The molecule has 0 aliphatic carbocycles. The van der Waals surface area contributed by atoms with Gasteiger partial charge in [0.25, 0.3) is 0 Å². The summed E-state index contributed by atoms with van der Waals surface area (Å²) < 4.78 is 23.6. The second kappa shape index (κ2) is 41.3. The highest BCUT2D eigenvalue weighted by Crippen LogP contribution is 2.43. The highest BCUT2D eigenvalue weighted by Gasteiger charge is 2.27. The first-order valence-corrected chi connectivity index (χ1v) is 26.2. The van der Waals surface area contributed by atoms with Crippen LogP contribution in [-0.4, -0.2) is 73.4 Å². The number of hydrogen-bond donors (Lipinski definition) is 3. The molecule has 3 atom stereocenters. The molecule has 0 heterocycles. The largest absolute Gasteiger partial charge is 0.472 e. The van der Waals surface area contributed by atoms with Gasteiger partial charge in [0, 0.05) is 6.42 Å². The van der Waals surface area contributed by atoms with E-state index in [0.717, 1.165) is 38.5 Å². The molecular weight excluding hydrogens is 744 g/mol. The van der Waals surface area contributed by atoms with Gasteiger partial charge in [0.2, 0.25) is 5.91 Å². The average Bonchev–Trinajstić information content (AvgIpc) is 3.17. The maximum atomic E-state index is 12.9. The van der Waals surface area contributed by atoms with Crippen LogP contribution in [0.4, 0.5) is 0 Å². The number of carbonyl (C=O) groups is 1. The summed E-state index contributed by atoms with van der Waals surface area (Å²) in [6.07, 6.45) is 49.7.